The molecule has 0 N–H and O–H groups in total. The summed E-state index contributed by atoms with van der Waals surface area (Å²) < 4.78 is 20.7. The topological polar surface area (TPSA) is 105 Å². The Bertz CT molecular complexity index is 688. The predicted octanol–water partition coefficient (Wildman–Crippen LogP) is 10.9. The van der Waals surface area contributed by atoms with E-state index in [-0.39, 0.29) is 23.9 Å². The van der Waals surface area contributed by atoms with Crippen LogP contribution in [0.25, 0.3) is 0 Å². The standard InChI is InChI=1S/C22H42O4.C18H34O4/c1-19(2)13-7-5-11-17-25-21(23)15-9-10-16-22(24)26-18-12-6-8-14-20(3)4;1-3-5-7-11-15-21-17(19)13-9-10-14-18(20)22-16-12-8-6-4-2/h19-20H,5-18H2,1-4H3;3-16H2,1-2H3. The highest BCUT2D eigenvalue weighted by molar-refractivity contribution is 5.71. The smallest absolute Gasteiger partial charge is 0.305 e. The Kier molecular flexibility index (Phi) is 37.7. The van der Waals surface area contributed by atoms with Gasteiger partial charge in [-0.15, -0.1) is 0 Å². The number of hydrogen-bond acceptors (Lipinski definition) is 8. The van der Waals surface area contributed by atoms with Crippen LogP contribution in [-0.2, 0) is 38.1 Å². The van der Waals surface area contributed by atoms with Gasteiger partial charge in [-0.2, -0.15) is 0 Å². The number of hydrogen-bond donors (Lipinski definition) is 0. The van der Waals surface area contributed by atoms with Crippen LogP contribution in [0.3, 0.4) is 0 Å². The largest absolute Gasteiger partial charge is 0.466 e. The molecule has 0 aliphatic carbocycles. The quantitative estimate of drug-likeness (QED) is 0.0391. The van der Waals surface area contributed by atoms with Crippen LogP contribution in [0.15, 0.2) is 0 Å². The summed E-state index contributed by atoms with van der Waals surface area (Å²) in [6.45, 7) is 15.3. The second-order valence-electron chi connectivity index (χ2n) is 13.9. The monoisotopic (exact) mass is 685 g/mol. The molecule has 0 atom stereocenters. The number of esters is 4. The molecular weight excluding hydrogens is 608 g/mol. The van der Waals surface area contributed by atoms with Gasteiger partial charge in [-0.3, -0.25) is 19.2 Å². The van der Waals surface area contributed by atoms with Crippen molar-refractivity contribution in [3.05, 3.63) is 0 Å². The predicted molar refractivity (Wildman–Crippen MR) is 196 cm³/mol. The minimum Gasteiger partial charge on any atom is -0.466 e. The minimum absolute atomic E-state index is 0.146. The Balaban J connectivity index is 0. The Hall–Kier alpha value is -2.12. The molecule has 0 aromatic rings. The zero-order valence-electron chi connectivity index (χ0n) is 32.2. The summed E-state index contributed by atoms with van der Waals surface area (Å²) in [5.41, 5.74) is 0. The first-order chi connectivity index (χ1) is 23.1. The van der Waals surface area contributed by atoms with Crippen molar-refractivity contribution in [2.24, 2.45) is 11.8 Å². The molecule has 0 unspecified atom stereocenters. The first-order valence-electron chi connectivity index (χ1n) is 19.7. The molecule has 0 aliphatic rings. The van der Waals surface area contributed by atoms with E-state index in [1.807, 2.05) is 0 Å². The first kappa shape index (κ1) is 48.0. The molecule has 8 heteroatoms. The number of carbonyl (C=O) groups is 4. The van der Waals surface area contributed by atoms with Crippen molar-refractivity contribution in [1.82, 2.24) is 0 Å². The molecule has 0 fully saturated rings. The van der Waals surface area contributed by atoms with Crippen LogP contribution >= 0.6 is 0 Å². The molecule has 0 radical (unpaired) electrons. The fourth-order valence-electron chi connectivity index (χ4n) is 4.83. The van der Waals surface area contributed by atoms with Crippen molar-refractivity contribution in [2.45, 2.75) is 196 Å². The van der Waals surface area contributed by atoms with Gasteiger partial charge in [-0.1, -0.05) is 119 Å². The molecule has 48 heavy (non-hydrogen) atoms. The van der Waals surface area contributed by atoms with E-state index in [0.29, 0.717) is 77.8 Å². The molecule has 0 rings (SSSR count). The number of carbonyl (C=O) groups excluding carboxylic acids is 4. The summed E-state index contributed by atoms with van der Waals surface area (Å²) in [5.74, 6) is 0.900. The van der Waals surface area contributed by atoms with E-state index in [1.165, 1.54) is 51.4 Å². The van der Waals surface area contributed by atoms with E-state index in [0.717, 1.165) is 63.2 Å². The van der Waals surface area contributed by atoms with Crippen molar-refractivity contribution in [1.29, 1.82) is 0 Å². The SMILES string of the molecule is CC(C)CCCCCOC(=O)CCCCC(=O)OCCCCCC(C)C.CCCCCCOC(=O)CCCCC(=O)OCCCCCC. The maximum Gasteiger partial charge on any atom is 0.305 e. The van der Waals surface area contributed by atoms with Gasteiger partial charge in [0.05, 0.1) is 26.4 Å². The maximum absolute atomic E-state index is 11.6. The number of ether oxygens (including phenoxy) is 4. The van der Waals surface area contributed by atoms with Gasteiger partial charge >= 0.3 is 23.9 Å². The van der Waals surface area contributed by atoms with Crippen LogP contribution in [-0.4, -0.2) is 50.3 Å². The van der Waals surface area contributed by atoms with Gasteiger partial charge < -0.3 is 18.9 Å². The second kappa shape index (κ2) is 37.7. The van der Waals surface area contributed by atoms with E-state index in [2.05, 4.69) is 41.5 Å². The van der Waals surface area contributed by atoms with Crippen molar-refractivity contribution >= 4 is 23.9 Å². The lowest BCUT2D eigenvalue weighted by molar-refractivity contribution is -0.146. The Labute approximate surface area is 295 Å². The molecule has 0 spiro atoms. The molecule has 0 aromatic heterocycles. The van der Waals surface area contributed by atoms with E-state index in [9.17, 15) is 19.2 Å². The van der Waals surface area contributed by atoms with E-state index < -0.39 is 0 Å². The third-order valence-corrected chi connectivity index (χ3v) is 7.92. The van der Waals surface area contributed by atoms with E-state index in [4.69, 9.17) is 18.9 Å². The van der Waals surface area contributed by atoms with Crippen molar-refractivity contribution < 1.29 is 38.1 Å². The molecule has 0 saturated carbocycles. The summed E-state index contributed by atoms with van der Waals surface area (Å²) in [6.07, 6.45) is 22.3. The summed E-state index contributed by atoms with van der Waals surface area (Å²) in [6, 6.07) is 0. The van der Waals surface area contributed by atoms with Crippen molar-refractivity contribution in [3.63, 3.8) is 0 Å². The van der Waals surface area contributed by atoms with Crippen LogP contribution in [0, 0.1) is 11.8 Å². The molecule has 0 bridgehead atoms. The molecule has 0 aromatic carbocycles. The average molecular weight is 685 g/mol. The van der Waals surface area contributed by atoms with Crippen LogP contribution in [0.4, 0.5) is 0 Å². The van der Waals surface area contributed by atoms with Crippen molar-refractivity contribution in [3.8, 4) is 0 Å². The molecule has 0 aliphatic heterocycles. The zero-order chi connectivity index (χ0) is 36.1. The number of rotatable bonds is 32. The van der Waals surface area contributed by atoms with Gasteiger partial charge in [-0.25, -0.2) is 0 Å². The van der Waals surface area contributed by atoms with E-state index >= 15 is 0 Å². The van der Waals surface area contributed by atoms with Crippen molar-refractivity contribution in [2.75, 3.05) is 26.4 Å². The third-order valence-electron chi connectivity index (χ3n) is 7.92. The van der Waals surface area contributed by atoms with Crippen LogP contribution in [0.1, 0.15) is 196 Å². The van der Waals surface area contributed by atoms with Crippen LogP contribution < -0.4 is 0 Å². The molecule has 0 heterocycles. The summed E-state index contributed by atoms with van der Waals surface area (Å²) in [5, 5.41) is 0. The van der Waals surface area contributed by atoms with Gasteiger partial charge in [-0.05, 0) is 63.2 Å². The van der Waals surface area contributed by atoms with Crippen LogP contribution in [0.5, 0.6) is 0 Å². The lowest BCUT2D eigenvalue weighted by Gasteiger charge is -2.07. The lowest BCUT2D eigenvalue weighted by Crippen LogP contribution is -2.08. The molecule has 0 amide bonds. The summed E-state index contributed by atoms with van der Waals surface area (Å²) in [7, 11) is 0. The normalized spacial score (nSPS) is 10.8. The minimum atomic E-state index is -0.149. The molecular formula is C40H76O8. The average Bonchev–Trinajstić information content (AvgIpc) is 3.04. The highest BCUT2D eigenvalue weighted by Crippen LogP contribution is 2.11. The Morgan fingerprint density at radius 2 is 0.604 bits per heavy atom. The summed E-state index contributed by atoms with van der Waals surface area (Å²) in [4.78, 5) is 46.1. The maximum atomic E-state index is 11.6. The van der Waals surface area contributed by atoms with E-state index in [1.54, 1.807) is 0 Å². The highest BCUT2D eigenvalue weighted by Gasteiger charge is 2.08. The Morgan fingerprint density at radius 3 is 0.833 bits per heavy atom. The van der Waals surface area contributed by atoms with Gasteiger partial charge in [0.1, 0.15) is 0 Å². The molecule has 8 nitrogen and oxygen atoms in total. The first-order valence-corrected chi connectivity index (χ1v) is 19.7. The van der Waals surface area contributed by atoms with Gasteiger partial charge in [0.15, 0.2) is 0 Å². The fourth-order valence-corrected chi connectivity index (χ4v) is 4.83. The third kappa shape index (κ3) is 41.9. The lowest BCUT2D eigenvalue weighted by atomic mass is 10.1. The number of unbranched alkanes of at least 4 members (excludes halogenated alkanes) is 12. The Morgan fingerprint density at radius 1 is 0.354 bits per heavy atom. The highest BCUT2D eigenvalue weighted by atomic mass is 16.5. The molecule has 0 saturated heterocycles. The van der Waals surface area contributed by atoms with Gasteiger partial charge in [0, 0.05) is 25.7 Å². The van der Waals surface area contributed by atoms with Crippen LogP contribution in [0.2, 0.25) is 0 Å². The fraction of sp³-hybridized carbons (Fsp3) is 0.900. The van der Waals surface area contributed by atoms with Gasteiger partial charge in [0.2, 0.25) is 0 Å². The molecule has 284 valence electrons. The zero-order valence-corrected chi connectivity index (χ0v) is 32.2. The van der Waals surface area contributed by atoms with Gasteiger partial charge in [0.25, 0.3) is 0 Å². The summed E-state index contributed by atoms with van der Waals surface area (Å²) >= 11 is 0. The second-order valence-corrected chi connectivity index (χ2v) is 13.9.